The number of anilines is 1. The van der Waals surface area contributed by atoms with Crippen molar-refractivity contribution >= 4 is 34.7 Å². The van der Waals surface area contributed by atoms with Gasteiger partial charge in [-0.3, -0.25) is 14.5 Å². The lowest BCUT2D eigenvalue weighted by molar-refractivity contribution is -0.132. The first-order valence-corrected chi connectivity index (χ1v) is 12.1. The number of amides is 1. The normalized spacial score (nSPS) is 18.4. The zero-order valence-corrected chi connectivity index (χ0v) is 21.6. The van der Waals surface area contributed by atoms with Gasteiger partial charge in [0.1, 0.15) is 11.5 Å². The number of hydrogen-bond acceptors (Lipinski definition) is 6. The fourth-order valence-electron chi connectivity index (χ4n) is 4.63. The van der Waals surface area contributed by atoms with Gasteiger partial charge in [-0.05, 0) is 46.9 Å². The average Bonchev–Trinajstić information content (AvgIpc) is 3.45. The summed E-state index contributed by atoms with van der Waals surface area (Å²) in [6, 6.07) is 16.5. The Hall–Kier alpha value is -3.97. The second-order valence-electron chi connectivity index (χ2n) is 9.92. The Labute approximate surface area is 219 Å². The van der Waals surface area contributed by atoms with E-state index in [-0.39, 0.29) is 29.1 Å². The van der Waals surface area contributed by atoms with Gasteiger partial charge in [-0.15, -0.1) is 0 Å². The summed E-state index contributed by atoms with van der Waals surface area (Å²) in [5, 5.41) is 11.8. The van der Waals surface area contributed by atoms with Crippen LogP contribution < -0.4 is 19.1 Å². The van der Waals surface area contributed by atoms with Crippen molar-refractivity contribution in [1.82, 2.24) is 0 Å². The van der Waals surface area contributed by atoms with E-state index < -0.39 is 17.7 Å². The number of carbonyl (C=O) groups is 2. The highest BCUT2D eigenvalue weighted by atomic mass is 35.5. The molecule has 0 spiro atoms. The van der Waals surface area contributed by atoms with E-state index in [1.165, 1.54) is 18.1 Å². The Morgan fingerprint density at radius 2 is 1.70 bits per heavy atom. The molecule has 0 aromatic heterocycles. The van der Waals surface area contributed by atoms with Gasteiger partial charge in [0, 0.05) is 16.8 Å². The van der Waals surface area contributed by atoms with E-state index in [4.69, 9.17) is 25.8 Å². The van der Waals surface area contributed by atoms with Crippen LogP contribution in [-0.4, -0.2) is 30.7 Å². The number of aliphatic hydroxyl groups is 1. The third-order valence-electron chi connectivity index (χ3n) is 6.59. The lowest BCUT2D eigenvalue weighted by Crippen LogP contribution is -2.29. The third kappa shape index (κ3) is 4.29. The summed E-state index contributed by atoms with van der Waals surface area (Å²) in [6.07, 6.45) is 0. The number of aliphatic hydroxyl groups excluding tert-OH is 1. The number of halogens is 1. The number of fused-ring (bicyclic) bond motifs is 1. The highest BCUT2D eigenvalue weighted by molar-refractivity contribution is 6.51. The van der Waals surface area contributed by atoms with E-state index >= 15 is 0 Å². The molecule has 2 aliphatic rings. The molecule has 1 saturated heterocycles. The highest BCUT2D eigenvalue weighted by Crippen LogP contribution is 2.46. The minimum Gasteiger partial charge on any atom is -0.507 e. The Bertz CT molecular complexity index is 1440. The van der Waals surface area contributed by atoms with Crippen molar-refractivity contribution in [3.63, 3.8) is 0 Å². The molecule has 3 aromatic rings. The number of hydrogen-bond donors (Lipinski definition) is 1. The SMILES string of the molecule is COc1ccc(Cl)cc1/C(O)=C1\C(=O)C(=O)N(c2ccc3c(c2)OCO3)C1c1ccc(C(C)(C)C)cc1. The van der Waals surface area contributed by atoms with Crippen LogP contribution in [0, 0.1) is 0 Å². The predicted molar refractivity (Wildman–Crippen MR) is 140 cm³/mol. The van der Waals surface area contributed by atoms with Crippen LogP contribution in [0.4, 0.5) is 5.69 Å². The largest absolute Gasteiger partial charge is 0.507 e. The molecule has 1 amide bonds. The zero-order valence-electron chi connectivity index (χ0n) is 20.9. The van der Waals surface area contributed by atoms with Crippen molar-refractivity contribution in [2.75, 3.05) is 18.8 Å². The van der Waals surface area contributed by atoms with Crippen LogP contribution in [0.2, 0.25) is 5.02 Å². The molecule has 5 rings (SSSR count). The smallest absolute Gasteiger partial charge is 0.300 e. The molecule has 1 fully saturated rings. The molecule has 37 heavy (non-hydrogen) atoms. The number of rotatable bonds is 4. The maximum absolute atomic E-state index is 13.5. The Morgan fingerprint density at radius 1 is 1.00 bits per heavy atom. The van der Waals surface area contributed by atoms with Crippen molar-refractivity contribution in [2.24, 2.45) is 0 Å². The number of nitrogens with zero attached hydrogens (tertiary/aromatic N) is 1. The molecule has 0 bridgehead atoms. The van der Waals surface area contributed by atoms with Crippen molar-refractivity contribution in [1.29, 1.82) is 0 Å². The summed E-state index contributed by atoms with van der Waals surface area (Å²) >= 11 is 6.20. The first-order valence-electron chi connectivity index (χ1n) is 11.7. The Morgan fingerprint density at radius 3 is 2.38 bits per heavy atom. The summed E-state index contributed by atoms with van der Waals surface area (Å²) in [7, 11) is 1.45. The van der Waals surface area contributed by atoms with Gasteiger partial charge in [0.05, 0.1) is 24.3 Å². The summed E-state index contributed by atoms with van der Waals surface area (Å²) in [4.78, 5) is 28.4. The van der Waals surface area contributed by atoms with E-state index in [0.717, 1.165) is 5.56 Å². The van der Waals surface area contributed by atoms with E-state index in [2.05, 4.69) is 20.8 Å². The van der Waals surface area contributed by atoms with Gasteiger partial charge in [0.15, 0.2) is 11.5 Å². The molecule has 7 nitrogen and oxygen atoms in total. The molecule has 2 heterocycles. The number of benzene rings is 3. The molecular formula is C29H26ClNO6. The molecule has 190 valence electrons. The van der Waals surface area contributed by atoms with E-state index in [1.54, 1.807) is 30.3 Å². The topological polar surface area (TPSA) is 85.3 Å². The fraction of sp³-hybridized carbons (Fsp3) is 0.241. The van der Waals surface area contributed by atoms with Gasteiger partial charge in [0.25, 0.3) is 11.7 Å². The summed E-state index contributed by atoms with van der Waals surface area (Å²) in [6.45, 7) is 6.38. The zero-order chi connectivity index (χ0) is 26.5. The molecular weight excluding hydrogens is 494 g/mol. The number of ether oxygens (including phenoxy) is 3. The average molecular weight is 520 g/mol. The van der Waals surface area contributed by atoms with Crippen LogP contribution in [0.15, 0.2) is 66.2 Å². The van der Waals surface area contributed by atoms with Crippen molar-refractivity contribution < 1.29 is 28.9 Å². The van der Waals surface area contributed by atoms with E-state index in [1.807, 2.05) is 24.3 Å². The van der Waals surface area contributed by atoms with Crippen LogP contribution in [-0.2, 0) is 15.0 Å². The summed E-state index contributed by atoms with van der Waals surface area (Å²) < 4.78 is 16.3. The summed E-state index contributed by atoms with van der Waals surface area (Å²) in [5.41, 5.74) is 2.25. The standard InChI is InChI=1S/C29H26ClNO6/c1-29(2,3)17-7-5-16(6-8-17)25-24(26(32)20-13-18(30)9-11-21(20)35-4)27(33)28(34)31(25)19-10-12-22-23(14-19)37-15-36-22/h5-14,25,32H,15H2,1-4H3/b26-24+. The molecule has 0 aliphatic carbocycles. The van der Waals surface area contributed by atoms with Crippen molar-refractivity contribution in [2.45, 2.75) is 32.2 Å². The molecule has 1 unspecified atom stereocenters. The second-order valence-corrected chi connectivity index (χ2v) is 10.4. The summed E-state index contributed by atoms with van der Waals surface area (Å²) in [5.74, 6) is -0.620. The fourth-order valence-corrected chi connectivity index (χ4v) is 4.80. The molecule has 0 radical (unpaired) electrons. The third-order valence-corrected chi connectivity index (χ3v) is 6.82. The highest BCUT2D eigenvalue weighted by Gasteiger charge is 2.47. The first-order chi connectivity index (χ1) is 17.6. The Balaban J connectivity index is 1.72. The molecule has 8 heteroatoms. The van der Waals surface area contributed by atoms with Crippen LogP contribution in [0.3, 0.4) is 0 Å². The predicted octanol–water partition coefficient (Wildman–Crippen LogP) is 6.00. The molecule has 1 atom stereocenters. The number of ketones is 1. The minimum absolute atomic E-state index is 0.0632. The van der Waals surface area contributed by atoms with E-state index in [0.29, 0.717) is 33.5 Å². The molecule has 2 aliphatic heterocycles. The number of methoxy groups -OCH3 is 1. The minimum atomic E-state index is -0.905. The van der Waals surface area contributed by atoms with Gasteiger partial charge in [-0.25, -0.2) is 0 Å². The maximum atomic E-state index is 13.5. The van der Waals surface area contributed by atoms with Gasteiger partial charge in [-0.2, -0.15) is 0 Å². The molecule has 3 aromatic carbocycles. The van der Waals surface area contributed by atoms with Crippen LogP contribution in [0.25, 0.3) is 5.76 Å². The van der Waals surface area contributed by atoms with Crippen LogP contribution in [0.1, 0.15) is 43.5 Å². The van der Waals surface area contributed by atoms with Gasteiger partial charge in [0.2, 0.25) is 6.79 Å². The lowest BCUT2D eigenvalue weighted by Gasteiger charge is -2.27. The quantitative estimate of drug-likeness (QED) is 0.258. The van der Waals surface area contributed by atoms with Crippen LogP contribution >= 0.6 is 11.6 Å². The maximum Gasteiger partial charge on any atom is 0.300 e. The van der Waals surface area contributed by atoms with Gasteiger partial charge >= 0.3 is 0 Å². The van der Waals surface area contributed by atoms with Crippen molar-refractivity contribution in [3.8, 4) is 17.2 Å². The monoisotopic (exact) mass is 519 g/mol. The number of Topliss-reactive ketones (excluding diaryl/α,β-unsaturated/α-hetero) is 1. The Kier molecular flexibility index (Phi) is 6.12. The van der Waals surface area contributed by atoms with Crippen LogP contribution in [0.5, 0.6) is 17.2 Å². The van der Waals surface area contributed by atoms with Gasteiger partial charge in [-0.1, -0.05) is 56.6 Å². The van der Waals surface area contributed by atoms with Crippen molar-refractivity contribution in [3.05, 3.63) is 87.9 Å². The molecule has 0 saturated carbocycles. The van der Waals surface area contributed by atoms with E-state index in [9.17, 15) is 14.7 Å². The molecule has 1 N–H and O–H groups in total. The number of carbonyl (C=O) groups excluding carboxylic acids is 2. The van der Waals surface area contributed by atoms with Gasteiger partial charge < -0.3 is 19.3 Å². The second kappa shape index (κ2) is 9.16. The first kappa shape index (κ1) is 24.7. The lowest BCUT2D eigenvalue weighted by atomic mass is 9.85.